The lowest BCUT2D eigenvalue weighted by Crippen LogP contribution is -2.40. The van der Waals surface area contributed by atoms with E-state index in [4.69, 9.17) is 18.9 Å². The molecule has 0 bridgehead atoms. The van der Waals surface area contributed by atoms with Crippen molar-refractivity contribution in [3.8, 4) is 17.2 Å². The van der Waals surface area contributed by atoms with Crippen LogP contribution in [0.3, 0.4) is 0 Å². The first-order chi connectivity index (χ1) is 23.1. The van der Waals surface area contributed by atoms with Crippen molar-refractivity contribution in [2.24, 2.45) is 0 Å². The number of ether oxygens (including phenoxy) is 4. The van der Waals surface area contributed by atoms with Gasteiger partial charge in [-0.25, -0.2) is 13.2 Å². The van der Waals surface area contributed by atoms with Crippen molar-refractivity contribution in [2.75, 3.05) is 59.1 Å². The molecule has 2 aliphatic rings. The number of nitrogens with zero attached hydrogens (tertiary/aromatic N) is 3. The first kappa shape index (κ1) is 33.4. The molecule has 2 aliphatic heterocycles. The number of anilines is 1. The van der Waals surface area contributed by atoms with Gasteiger partial charge in [0.25, 0.3) is 0 Å². The Balaban J connectivity index is 1.36. The van der Waals surface area contributed by atoms with Crippen LogP contribution in [0.1, 0.15) is 36.4 Å². The highest BCUT2D eigenvalue weighted by molar-refractivity contribution is 7.89. The summed E-state index contributed by atoms with van der Waals surface area (Å²) in [5.41, 5.74) is 2.61. The minimum atomic E-state index is -3.90. The molecule has 0 aliphatic carbocycles. The van der Waals surface area contributed by atoms with Gasteiger partial charge in [0.2, 0.25) is 16.8 Å². The highest BCUT2D eigenvalue weighted by Gasteiger charge is 2.46. The van der Waals surface area contributed by atoms with E-state index < -0.39 is 28.3 Å². The summed E-state index contributed by atoms with van der Waals surface area (Å²) in [6, 6.07) is 23.7. The molecule has 11 nitrogen and oxygen atoms in total. The fraction of sp³-hybridized carbons (Fsp3) is 0.361. The first-order valence-electron chi connectivity index (χ1n) is 16.0. The molecule has 3 atom stereocenters. The van der Waals surface area contributed by atoms with Crippen molar-refractivity contribution >= 4 is 32.6 Å². The summed E-state index contributed by atoms with van der Waals surface area (Å²) in [6.07, 6.45) is -1.54. The molecular weight excluding hydrogens is 634 g/mol. The Kier molecular flexibility index (Phi) is 9.68. The van der Waals surface area contributed by atoms with E-state index in [-0.39, 0.29) is 24.2 Å². The van der Waals surface area contributed by atoms with E-state index in [0.717, 1.165) is 22.2 Å². The lowest BCUT2D eigenvalue weighted by Gasteiger charge is -2.30. The van der Waals surface area contributed by atoms with E-state index in [1.807, 2.05) is 92.6 Å². The second-order valence-corrected chi connectivity index (χ2v) is 14.1. The number of rotatable bonds is 12. The Labute approximate surface area is 281 Å². The molecule has 0 unspecified atom stereocenters. The maximum atomic E-state index is 14.4. The molecule has 1 fully saturated rings. The van der Waals surface area contributed by atoms with Crippen LogP contribution in [-0.2, 0) is 14.8 Å². The van der Waals surface area contributed by atoms with E-state index in [1.54, 1.807) is 19.2 Å². The Morgan fingerprint density at radius 1 is 0.938 bits per heavy atom. The van der Waals surface area contributed by atoms with Crippen LogP contribution in [0.15, 0.2) is 83.8 Å². The third kappa shape index (κ3) is 6.47. The molecule has 1 N–H and O–H groups in total. The molecule has 4 aromatic carbocycles. The maximum absolute atomic E-state index is 14.4. The van der Waals surface area contributed by atoms with Gasteiger partial charge in [0, 0.05) is 62.7 Å². The van der Waals surface area contributed by atoms with Gasteiger partial charge in [-0.15, -0.1) is 0 Å². The standard InChI is InChI=1S/C36H41N3O8S/c1-5-18-39(48(42,43)33-11-7-8-27-28(33)9-6-10-30(27)37(2)3)20-19-38-22-29(25-14-17-31-32(21-25)46-23-45-31)35(47-36(40)41)34(38)24-12-15-26(44-4)16-13-24/h6-17,21,29,34-35H,5,18-20,22-23H2,1-4H3,(H,40,41)/t29-,34-,35+/m1/s1. The smallest absolute Gasteiger partial charge is 0.497 e. The van der Waals surface area contributed by atoms with Crippen LogP contribution in [0.4, 0.5) is 10.5 Å². The third-order valence-electron chi connectivity index (χ3n) is 9.12. The molecule has 2 heterocycles. The number of hydrogen-bond donors (Lipinski definition) is 1. The number of sulfonamides is 1. The predicted molar refractivity (Wildman–Crippen MR) is 183 cm³/mol. The van der Waals surface area contributed by atoms with Crippen molar-refractivity contribution in [3.63, 3.8) is 0 Å². The van der Waals surface area contributed by atoms with Crippen LogP contribution in [0, 0.1) is 0 Å². The summed E-state index contributed by atoms with van der Waals surface area (Å²) in [6.45, 7) is 3.36. The molecule has 6 rings (SSSR count). The van der Waals surface area contributed by atoms with Gasteiger partial charge in [-0.3, -0.25) is 4.90 Å². The summed E-state index contributed by atoms with van der Waals surface area (Å²) >= 11 is 0. The summed E-state index contributed by atoms with van der Waals surface area (Å²) < 4.78 is 52.5. The fourth-order valence-corrected chi connectivity index (χ4v) is 8.62. The Hall–Kier alpha value is -4.52. The number of hydrogen-bond acceptors (Lipinski definition) is 9. The molecular formula is C36H41N3O8S. The molecule has 0 amide bonds. The highest BCUT2D eigenvalue weighted by atomic mass is 32.2. The lowest BCUT2D eigenvalue weighted by molar-refractivity contribution is 0.0283. The highest BCUT2D eigenvalue weighted by Crippen LogP contribution is 2.45. The van der Waals surface area contributed by atoms with Crippen LogP contribution >= 0.6 is 0 Å². The Morgan fingerprint density at radius 2 is 1.65 bits per heavy atom. The van der Waals surface area contributed by atoms with E-state index in [0.29, 0.717) is 48.7 Å². The molecule has 254 valence electrons. The van der Waals surface area contributed by atoms with E-state index >= 15 is 0 Å². The van der Waals surface area contributed by atoms with Gasteiger partial charge in [0.1, 0.15) is 11.9 Å². The molecule has 0 aromatic heterocycles. The second kappa shape index (κ2) is 13.9. The average Bonchev–Trinajstić information content (AvgIpc) is 3.69. The van der Waals surface area contributed by atoms with Gasteiger partial charge in [-0.05, 0) is 53.9 Å². The third-order valence-corrected chi connectivity index (χ3v) is 11.1. The van der Waals surface area contributed by atoms with Crippen molar-refractivity contribution < 1.29 is 37.3 Å². The van der Waals surface area contributed by atoms with Gasteiger partial charge in [0.05, 0.1) is 18.0 Å². The van der Waals surface area contributed by atoms with E-state index in [9.17, 15) is 18.3 Å². The number of likely N-dealkylation sites (tertiary alicyclic amines) is 1. The van der Waals surface area contributed by atoms with Crippen molar-refractivity contribution in [1.29, 1.82) is 0 Å². The van der Waals surface area contributed by atoms with Crippen LogP contribution in [0.5, 0.6) is 17.2 Å². The van der Waals surface area contributed by atoms with Crippen LogP contribution in [0.25, 0.3) is 10.8 Å². The minimum absolute atomic E-state index is 0.119. The Morgan fingerprint density at radius 3 is 2.35 bits per heavy atom. The summed E-state index contributed by atoms with van der Waals surface area (Å²) in [5, 5.41) is 11.4. The topological polar surface area (TPSA) is 118 Å². The van der Waals surface area contributed by atoms with Crippen LogP contribution < -0.4 is 19.1 Å². The summed E-state index contributed by atoms with van der Waals surface area (Å²) in [7, 11) is 1.56. The number of carboxylic acid groups (broad SMARTS) is 1. The normalized spacial score (nSPS) is 19.1. The minimum Gasteiger partial charge on any atom is -0.497 e. The monoisotopic (exact) mass is 675 g/mol. The average molecular weight is 676 g/mol. The summed E-state index contributed by atoms with van der Waals surface area (Å²) in [5.74, 6) is 1.52. The molecule has 0 spiro atoms. The molecule has 0 saturated carbocycles. The number of benzene rings is 4. The Bertz CT molecular complexity index is 1880. The first-order valence-corrected chi connectivity index (χ1v) is 17.4. The van der Waals surface area contributed by atoms with Crippen LogP contribution in [0.2, 0.25) is 0 Å². The van der Waals surface area contributed by atoms with Gasteiger partial charge in [-0.2, -0.15) is 4.31 Å². The number of methoxy groups -OCH3 is 1. The zero-order valence-electron chi connectivity index (χ0n) is 27.5. The SMILES string of the molecule is CCCN(CCN1C[C@H](c2ccc3c(c2)OCO3)[C@H](OC(=O)O)[C@H]1c1ccc(OC)cc1)S(=O)(=O)c1cccc2c(N(C)C)cccc12. The zero-order chi connectivity index (χ0) is 34.0. The predicted octanol–water partition coefficient (Wildman–Crippen LogP) is 5.95. The molecule has 4 aromatic rings. The largest absolute Gasteiger partial charge is 0.506 e. The molecule has 12 heteroatoms. The van der Waals surface area contributed by atoms with E-state index in [1.165, 1.54) is 4.31 Å². The number of carbonyl (C=O) groups is 1. The summed E-state index contributed by atoms with van der Waals surface area (Å²) in [4.78, 5) is 16.5. The van der Waals surface area contributed by atoms with Gasteiger partial charge in [-0.1, -0.05) is 49.4 Å². The molecule has 0 radical (unpaired) electrons. The van der Waals surface area contributed by atoms with Gasteiger partial charge < -0.3 is 29.0 Å². The van der Waals surface area contributed by atoms with Crippen molar-refractivity contribution in [1.82, 2.24) is 9.21 Å². The van der Waals surface area contributed by atoms with Crippen molar-refractivity contribution in [2.45, 2.75) is 36.3 Å². The second-order valence-electron chi connectivity index (χ2n) is 12.2. The molecule has 1 saturated heterocycles. The quantitative estimate of drug-likeness (QED) is 0.181. The van der Waals surface area contributed by atoms with Crippen LogP contribution in [-0.4, -0.2) is 89.2 Å². The molecule has 48 heavy (non-hydrogen) atoms. The van der Waals surface area contributed by atoms with Gasteiger partial charge >= 0.3 is 6.16 Å². The zero-order valence-corrected chi connectivity index (χ0v) is 28.4. The fourth-order valence-electron chi connectivity index (χ4n) is 6.89. The number of fused-ring (bicyclic) bond motifs is 2. The van der Waals surface area contributed by atoms with Crippen molar-refractivity contribution in [3.05, 3.63) is 90.0 Å². The van der Waals surface area contributed by atoms with E-state index in [2.05, 4.69) is 4.90 Å². The lowest BCUT2D eigenvalue weighted by atomic mass is 9.90. The van der Waals surface area contributed by atoms with Gasteiger partial charge in [0.15, 0.2) is 11.5 Å². The maximum Gasteiger partial charge on any atom is 0.506 e.